The van der Waals surface area contributed by atoms with E-state index in [1.165, 1.54) is 0 Å². The largest absolute Gasteiger partial charge is 0.502 e. The number of rotatable bonds is 13. The summed E-state index contributed by atoms with van der Waals surface area (Å²) in [6.45, 7) is 5.10. The summed E-state index contributed by atoms with van der Waals surface area (Å²) in [6, 6.07) is 0.799. The molecular formula is C12H26O6Si. The van der Waals surface area contributed by atoms with E-state index in [2.05, 4.69) is 6.92 Å². The summed E-state index contributed by atoms with van der Waals surface area (Å²) >= 11 is 0. The molecule has 0 spiro atoms. The van der Waals surface area contributed by atoms with Gasteiger partial charge in [-0.1, -0.05) is 13.3 Å². The van der Waals surface area contributed by atoms with Crippen LogP contribution in [0.5, 0.6) is 0 Å². The lowest BCUT2D eigenvalue weighted by atomic mass is 10.5. The molecule has 1 fully saturated rings. The van der Waals surface area contributed by atoms with Crippen LogP contribution in [-0.2, 0) is 27.5 Å². The van der Waals surface area contributed by atoms with Crippen LogP contribution in [0.15, 0.2) is 0 Å². The SMILES string of the molecule is CCC[Si](OC)(OC)OCOCCCOCC1CO1. The predicted octanol–water partition coefficient (Wildman–Crippen LogP) is 1.42. The van der Waals surface area contributed by atoms with E-state index in [-0.39, 0.29) is 6.79 Å². The third-order valence-corrected chi connectivity index (χ3v) is 5.74. The fraction of sp³-hybridized carbons (Fsp3) is 1.00. The third-order valence-electron chi connectivity index (χ3n) is 2.82. The van der Waals surface area contributed by atoms with Gasteiger partial charge in [0, 0.05) is 26.9 Å². The van der Waals surface area contributed by atoms with Crippen molar-refractivity contribution in [2.45, 2.75) is 31.9 Å². The van der Waals surface area contributed by atoms with Gasteiger partial charge in [-0.25, -0.2) is 0 Å². The van der Waals surface area contributed by atoms with Crippen molar-refractivity contribution >= 4 is 8.80 Å². The molecule has 1 atom stereocenters. The van der Waals surface area contributed by atoms with Gasteiger partial charge in [0.2, 0.25) is 0 Å². The maximum atomic E-state index is 5.63. The average Bonchev–Trinajstić information content (AvgIpc) is 3.24. The zero-order chi connectivity index (χ0) is 14.0. The molecule has 0 aromatic rings. The van der Waals surface area contributed by atoms with Crippen molar-refractivity contribution in [1.82, 2.24) is 0 Å². The van der Waals surface area contributed by atoms with Gasteiger partial charge in [-0.2, -0.15) is 0 Å². The van der Waals surface area contributed by atoms with Crippen molar-refractivity contribution in [3.05, 3.63) is 0 Å². The second-order valence-electron chi connectivity index (χ2n) is 4.40. The van der Waals surface area contributed by atoms with E-state index >= 15 is 0 Å². The molecule has 1 aliphatic heterocycles. The molecule has 1 rings (SSSR count). The molecule has 0 aromatic carbocycles. The van der Waals surface area contributed by atoms with Crippen molar-refractivity contribution in [2.24, 2.45) is 0 Å². The monoisotopic (exact) mass is 294 g/mol. The summed E-state index contributed by atoms with van der Waals surface area (Å²) in [5, 5.41) is 0. The maximum absolute atomic E-state index is 5.63. The minimum Gasteiger partial charge on any atom is -0.379 e. The lowest BCUT2D eigenvalue weighted by Crippen LogP contribution is -2.44. The molecule has 0 N–H and O–H groups in total. The van der Waals surface area contributed by atoms with Crippen molar-refractivity contribution in [2.75, 3.05) is 47.4 Å². The van der Waals surface area contributed by atoms with E-state index in [1.807, 2.05) is 0 Å². The molecule has 0 radical (unpaired) electrons. The van der Waals surface area contributed by atoms with Crippen LogP contribution in [0.25, 0.3) is 0 Å². The first-order valence-corrected chi connectivity index (χ1v) is 8.71. The number of ether oxygens (including phenoxy) is 3. The Morgan fingerprint density at radius 2 is 1.84 bits per heavy atom. The van der Waals surface area contributed by atoms with E-state index < -0.39 is 8.80 Å². The van der Waals surface area contributed by atoms with Crippen LogP contribution in [0.3, 0.4) is 0 Å². The molecule has 6 nitrogen and oxygen atoms in total. The van der Waals surface area contributed by atoms with Crippen LogP contribution in [0, 0.1) is 0 Å². The summed E-state index contributed by atoms with van der Waals surface area (Å²) in [4.78, 5) is 0. The number of epoxide rings is 1. The highest BCUT2D eigenvalue weighted by atomic mass is 28.4. The normalized spacial score (nSPS) is 18.8. The first kappa shape index (κ1) is 17.0. The van der Waals surface area contributed by atoms with E-state index in [0.717, 1.165) is 25.5 Å². The first-order chi connectivity index (χ1) is 9.26. The third kappa shape index (κ3) is 7.36. The second-order valence-corrected chi connectivity index (χ2v) is 7.37. The maximum Gasteiger partial charge on any atom is 0.502 e. The zero-order valence-electron chi connectivity index (χ0n) is 12.2. The molecular weight excluding hydrogens is 268 g/mol. The minimum absolute atomic E-state index is 0.208. The predicted molar refractivity (Wildman–Crippen MR) is 72.0 cm³/mol. The Hall–Kier alpha value is -0.0231. The number of hydrogen-bond donors (Lipinski definition) is 0. The van der Waals surface area contributed by atoms with E-state index in [1.54, 1.807) is 14.2 Å². The van der Waals surface area contributed by atoms with Crippen LogP contribution in [-0.4, -0.2) is 62.3 Å². The van der Waals surface area contributed by atoms with Crippen LogP contribution >= 0.6 is 0 Å². The molecule has 7 heteroatoms. The molecule has 0 aliphatic carbocycles. The summed E-state index contributed by atoms with van der Waals surface area (Å²) < 4.78 is 32.2. The Morgan fingerprint density at radius 3 is 2.42 bits per heavy atom. The Labute approximate surface area is 116 Å². The smallest absolute Gasteiger partial charge is 0.379 e. The summed E-state index contributed by atoms with van der Waals surface area (Å²) in [6.07, 6.45) is 2.14. The Morgan fingerprint density at radius 1 is 1.16 bits per heavy atom. The van der Waals surface area contributed by atoms with Crippen molar-refractivity contribution < 1.29 is 27.5 Å². The lowest BCUT2D eigenvalue weighted by Gasteiger charge is -2.25. The highest BCUT2D eigenvalue weighted by Gasteiger charge is 2.37. The zero-order valence-corrected chi connectivity index (χ0v) is 13.2. The standard InChI is InChI=1S/C12H26O6Si/c1-4-8-19(13-2,14-3)18-11-16-7-5-6-15-9-12-10-17-12/h12H,4-11H2,1-3H3. The van der Waals surface area contributed by atoms with E-state index in [9.17, 15) is 0 Å². The van der Waals surface area contributed by atoms with Gasteiger partial charge in [0.15, 0.2) is 0 Å². The van der Waals surface area contributed by atoms with Crippen molar-refractivity contribution in [3.8, 4) is 0 Å². The summed E-state index contributed by atoms with van der Waals surface area (Å²) in [5.74, 6) is 0. The van der Waals surface area contributed by atoms with Gasteiger partial charge in [-0.05, 0) is 6.42 Å². The van der Waals surface area contributed by atoms with Crippen LogP contribution in [0.1, 0.15) is 19.8 Å². The molecule has 1 aliphatic rings. The van der Waals surface area contributed by atoms with Crippen LogP contribution < -0.4 is 0 Å². The second kappa shape index (κ2) is 9.81. The molecule has 114 valence electrons. The molecule has 1 heterocycles. The molecule has 0 bridgehead atoms. The summed E-state index contributed by atoms with van der Waals surface area (Å²) in [5.41, 5.74) is 0. The van der Waals surface area contributed by atoms with E-state index in [4.69, 9.17) is 27.5 Å². The molecule has 1 unspecified atom stereocenters. The Kier molecular flexibility index (Phi) is 8.80. The van der Waals surface area contributed by atoms with Gasteiger partial charge >= 0.3 is 8.80 Å². The van der Waals surface area contributed by atoms with E-state index in [0.29, 0.717) is 25.9 Å². The van der Waals surface area contributed by atoms with Crippen LogP contribution in [0.2, 0.25) is 6.04 Å². The molecule has 0 amide bonds. The lowest BCUT2D eigenvalue weighted by molar-refractivity contribution is -0.0384. The van der Waals surface area contributed by atoms with Crippen molar-refractivity contribution in [3.63, 3.8) is 0 Å². The van der Waals surface area contributed by atoms with Gasteiger partial charge in [0.25, 0.3) is 0 Å². The van der Waals surface area contributed by atoms with Gasteiger partial charge in [-0.3, -0.25) is 0 Å². The molecule has 0 aromatic heterocycles. The van der Waals surface area contributed by atoms with Crippen molar-refractivity contribution in [1.29, 1.82) is 0 Å². The fourth-order valence-corrected chi connectivity index (χ4v) is 3.45. The molecule has 19 heavy (non-hydrogen) atoms. The minimum atomic E-state index is -2.50. The van der Waals surface area contributed by atoms with Gasteiger partial charge < -0.3 is 27.5 Å². The Bertz CT molecular complexity index is 220. The fourth-order valence-electron chi connectivity index (χ4n) is 1.62. The average molecular weight is 294 g/mol. The van der Waals surface area contributed by atoms with Gasteiger partial charge in [-0.15, -0.1) is 0 Å². The number of hydrogen-bond acceptors (Lipinski definition) is 6. The quantitative estimate of drug-likeness (QED) is 0.222. The summed E-state index contributed by atoms with van der Waals surface area (Å²) in [7, 11) is 0.750. The molecule has 1 saturated heterocycles. The highest BCUT2D eigenvalue weighted by Crippen LogP contribution is 2.15. The molecule has 0 saturated carbocycles. The highest BCUT2D eigenvalue weighted by molar-refractivity contribution is 6.60. The topological polar surface area (TPSA) is 58.7 Å². The Balaban J connectivity index is 1.94. The first-order valence-electron chi connectivity index (χ1n) is 6.77. The van der Waals surface area contributed by atoms with Gasteiger partial charge in [0.05, 0.1) is 19.8 Å². The van der Waals surface area contributed by atoms with Gasteiger partial charge in [0.1, 0.15) is 12.9 Å². The van der Waals surface area contributed by atoms with Crippen LogP contribution in [0.4, 0.5) is 0 Å².